The van der Waals surface area contributed by atoms with Crippen LogP contribution in [0.4, 0.5) is 5.69 Å². The molecule has 0 aliphatic heterocycles. The number of phenolic OH excluding ortho intramolecular Hbond substituents is 2. The normalized spacial score (nSPS) is 12.1. The molecule has 2 rings (SSSR count). The first-order valence-electron chi connectivity index (χ1n) is 5.91. The minimum Gasteiger partial charge on any atom is -0.508 e. The molecule has 3 heteroatoms. The van der Waals surface area contributed by atoms with E-state index in [2.05, 4.69) is 5.32 Å². The Morgan fingerprint density at radius 2 is 1.50 bits per heavy atom. The van der Waals surface area contributed by atoms with Gasteiger partial charge in [-0.2, -0.15) is 0 Å². The Balaban J connectivity index is 2.16. The van der Waals surface area contributed by atoms with Crippen LogP contribution >= 0.6 is 0 Å². The molecule has 3 nitrogen and oxygen atoms in total. The predicted molar refractivity (Wildman–Crippen MR) is 73.0 cm³/mol. The van der Waals surface area contributed by atoms with E-state index in [1.165, 1.54) is 11.6 Å². The molecule has 18 heavy (non-hydrogen) atoms. The van der Waals surface area contributed by atoms with Crippen LogP contribution < -0.4 is 5.32 Å². The zero-order valence-corrected chi connectivity index (χ0v) is 10.5. The van der Waals surface area contributed by atoms with E-state index in [1.54, 1.807) is 12.1 Å². The van der Waals surface area contributed by atoms with Gasteiger partial charge < -0.3 is 15.5 Å². The maximum absolute atomic E-state index is 9.46. The molecule has 2 aromatic rings. The highest BCUT2D eigenvalue weighted by Gasteiger charge is 2.07. The minimum atomic E-state index is 0.00528. The molecule has 0 bridgehead atoms. The third-order valence-electron chi connectivity index (χ3n) is 2.86. The zero-order chi connectivity index (χ0) is 13.1. The van der Waals surface area contributed by atoms with Gasteiger partial charge in [0.2, 0.25) is 0 Å². The fourth-order valence-corrected chi connectivity index (χ4v) is 1.85. The van der Waals surface area contributed by atoms with Crippen molar-refractivity contribution in [1.29, 1.82) is 0 Å². The number of aryl methyl sites for hydroxylation is 1. The van der Waals surface area contributed by atoms with Crippen LogP contribution in [0.2, 0.25) is 0 Å². The molecule has 0 aliphatic rings. The lowest BCUT2D eigenvalue weighted by molar-refractivity contribution is 0.448. The number of nitrogens with one attached hydrogen (secondary N) is 1. The van der Waals surface area contributed by atoms with Gasteiger partial charge in [0.25, 0.3) is 0 Å². The average molecular weight is 243 g/mol. The molecule has 2 aromatic carbocycles. The molecule has 1 atom stereocenters. The van der Waals surface area contributed by atoms with Crippen LogP contribution in [0.3, 0.4) is 0 Å². The zero-order valence-electron chi connectivity index (χ0n) is 10.5. The van der Waals surface area contributed by atoms with Crippen LogP contribution in [0.5, 0.6) is 11.5 Å². The van der Waals surface area contributed by atoms with Crippen molar-refractivity contribution in [1.82, 2.24) is 0 Å². The van der Waals surface area contributed by atoms with E-state index < -0.39 is 0 Å². The van der Waals surface area contributed by atoms with Crippen molar-refractivity contribution in [2.24, 2.45) is 0 Å². The largest absolute Gasteiger partial charge is 0.508 e. The first-order chi connectivity index (χ1) is 8.54. The smallest absolute Gasteiger partial charge is 0.119 e. The number of rotatable bonds is 3. The highest BCUT2D eigenvalue weighted by molar-refractivity contribution is 5.48. The number of hydrogen-bond donors (Lipinski definition) is 3. The van der Waals surface area contributed by atoms with Gasteiger partial charge in [0.05, 0.1) is 0 Å². The van der Waals surface area contributed by atoms with Gasteiger partial charge in [0.15, 0.2) is 0 Å². The van der Waals surface area contributed by atoms with Crippen molar-refractivity contribution < 1.29 is 10.2 Å². The van der Waals surface area contributed by atoms with Gasteiger partial charge in [-0.15, -0.1) is 0 Å². The van der Waals surface area contributed by atoms with Gasteiger partial charge in [-0.3, -0.25) is 0 Å². The van der Waals surface area contributed by atoms with E-state index in [1.807, 2.05) is 38.1 Å². The SMILES string of the molecule is Cc1ccc(NC(C)c2cc(O)cc(O)c2)cc1. The summed E-state index contributed by atoms with van der Waals surface area (Å²) < 4.78 is 0. The fourth-order valence-electron chi connectivity index (χ4n) is 1.85. The van der Waals surface area contributed by atoms with Gasteiger partial charge in [-0.1, -0.05) is 17.7 Å². The van der Waals surface area contributed by atoms with Gasteiger partial charge in [0.1, 0.15) is 11.5 Å². The Labute approximate surface area is 107 Å². The molecular formula is C15H17NO2. The fraction of sp³-hybridized carbons (Fsp3) is 0.200. The van der Waals surface area contributed by atoms with Crippen molar-refractivity contribution in [2.75, 3.05) is 5.32 Å². The van der Waals surface area contributed by atoms with Crippen molar-refractivity contribution in [3.05, 3.63) is 53.6 Å². The second-order valence-corrected chi connectivity index (χ2v) is 4.51. The quantitative estimate of drug-likeness (QED) is 0.772. The van der Waals surface area contributed by atoms with Crippen molar-refractivity contribution in [3.63, 3.8) is 0 Å². The van der Waals surface area contributed by atoms with Gasteiger partial charge in [0, 0.05) is 17.8 Å². The number of aromatic hydroxyl groups is 2. The monoisotopic (exact) mass is 243 g/mol. The lowest BCUT2D eigenvalue weighted by Crippen LogP contribution is -2.06. The number of benzene rings is 2. The standard InChI is InChI=1S/C15H17NO2/c1-10-3-5-13(6-4-10)16-11(2)12-7-14(17)9-15(18)8-12/h3-9,11,16-18H,1-2H3. The van der Waals surface area contributed by atoms with Gasteiger partial charge in [-0.25, -0.2) is 0 Å². The highest BCUT2D eigenvalue weighted by atomic mass is 16.3. The number of anilines is 1. The summed E-state index contributed by atoms with van der Waals surface area (Å²) in [6.07, 6.45) is 0. The van der Waals surface area contributed by atoms with Crippen molar-refractivity contribution in [3.8, 4) is 11.5 Å². The van der Waals surface area contributed by atoms with Crippen LogP contribution in [0.1, 0.15) is 24.1 Å². The third-order valence-corrected chi connectivity index (χ3v) is 2.86. The number of hydrogen-bond acceptors (Lipinski definition) is 3. The van der Waals surface area contributed by atoms with Crippen LogP contribution in [0.25, 0.3) is 0 Å². The summed E-state index contributed by atoms with van der Waals surface area (Å²) >= 11 is 0. The van der Waals surface area contributed by atoms with Gasteiger partial charge >= 0.3 is 0 Å². The summed E-state index contributed by atoms with van der Waals surface area (Å²) in [4.78, 5) is 0. The minimum absolute atomic E-state index is 0.00528. The molecule has 0 amide bonds. The highest BCUT2D eigenvalue weighted by Crippen LogP contribution is 2.27. The summed E-state index contributed by atoms with van der Waals surface area (Å²) in [6, 6.07) is 12.7. The lowest BCUT2D eigenvalue weighted by atomic mass is 10.1. The van der Waals surface area contributed by atoms with Crippen LogP contribution in [0.15, 0.2) is 42.5 Å². The van der Waals surface area contributed by atoms with E-state index in [0.29, 0.717) is 0 Å². The van der Waals surface area contributed by atoms with Crippen LogP contribution in [-0.4, -0.2) is 10.2 Å². The van der Waals surface area contributed by atoms with E-state index >= 15 is 0 Å². The summed E-state index contributed by atoms with van der Waals surface area (Å²) in [6.45, 7) is 4.02. The van der Waals surface area contributed by atoms with E-state index in [-0.39, 0.29) is 17.5 Å². The summed E-state index contributed by atoms with van der Waals surface area (Å²) in [5, 5.41) is 22.2. The van der Waals surface area contributed by atoms with Gasteiger partial charge in [-0.05, 0) is 43.7 Å². The molecule has 1 unspecified atom stereocenters. The summed E-state index contributed by atoms with van der Waals surface area (Å²) in [7, 11) is 0. The van der Waals surface area contributed by atoms with Crippen molar-refractivity contribution in [2.45, 2.75) is 19.9 Å². The second kappa shape index (κ2) is 5.00. The molecule has 0 heterocycles. The molecule has 0 fully saturated rings. The first kappa shape index (κ1) is 12.3. The summed E-state index contributed by atoms with van der Waals surface area (Å²) in [5.74, 6) is 0.144. The maximum atomic E-state index is 9.46. The Morgan fingerprint density at radius 3 is 2.06 bits per heavy atom. The number of phenols is 2. The van der Waals surface area contributed by atoms with Crippen LogP contribution in [-0.2, 0) is 0 Å². The molecular weight excluding hydrogens is 226 g/mol. The van der Waals surface area contributed by atoms with Crippen LogP contribution in [0, 0.1) is 6.92 Å². The topological polar surface area (TPSA) is 52.5 Å². The average Bonchev–Trinajstić information content (AvgIpc) is 2.31. The molecule has 3 N–H and O–H groups in total. The molecule has 0 saturated carbocycles. The Kier molecular flexibility index (Phi) is 3.42. The van der Waals surface area contributed by atoms with Crippen molar-refractivity contribution >= 4 is 5.69 Å². The maximum Gasteiger partial charge on any atom is 0.119 e. The molecule has 0 saturated heterocycles. The van der Waals surface area contributed by atoms with E-state index in [4.69, 9.17) is 0 Å². The molecule has 0 spiro atoms. The molecule has 94 valence electrons. The summed E-state index contributed by atoms with van der Waals surface area (Å²) in [5.41, 5.74) is 3.06. The second-order valence-electron chi connectivity index (χ2n) is 4.51. The lowest BCUT2D eigenvalue weighted by Gasteiger charge is -2.16. The predicted octanol–water partition coefficient (Wildman–Crippen LogP) is 3.58. The third kappa shape index (κ3) is 2.94. The first-order valence-corrected chi connectivity index (χ1v) is 5.91. The molecule has 0 aliphatic carbocycles. The Morgan fingerprint density at radius 1 is 0.944 bits per heavy atom. The molecule has 0 aromatic heterocycles. The van der Waals surface area contributed by atoms with E-state index in [9.17, 15) is 10.2 Å². The molecule has 0 radical (unpaired) electrons. The Bertz CT molecular complexity index is 514. The Hall–Kier alpha value is -2.16. The van der Waals surface area contributed by atoms with E-state index in [0.717, 1.165) is 11.3 Å².